The Bertz CT molecular complexity index is 432. The van der Waals surface area contributed by atoms with Gasteiger partial charge in [-0.3, -0.25) is 0 Å². The van der Waals surface area contributed by atoms with Crippen LogP contribution in [-0.4, -0.2) is 29.6 Å². The quantitative estimate of drug-likeness (QED) is 0.891. The molecule has 1 N–H and O–H groups in total. The molecular formula is C16H28N4. The van der Waals surface area contributed by atoms with E-state index in [1.54, 1.807) is 0 Å². The van der Waals surface area contributed by atoms with Crippen molar-refractivity contribution in [2.75, 3.05) is 23.8 Å². The molecule has 4 nitrogen and oxygen atoms in total. The second-order valence-corrected chi connectivity index (χ2v) is 6.12. The number of anilines is 2. The molecule has 0 aliphatic heterocycles. The third-order valence-electron chi connectivity index (χ3n) is 4.20. The summed E-state index contributed by atoms with van der Waals surface area (Å²) in [7, 11) is 2.17. The van der Waals surface area contributed by atoms with Crippen LogP contribution in [-0.2, 0) is 0 Å². The van der Waals surface area contributed by atoms with Crippen molar-refractivity contribution in [1.29, 1.82) is 0 Å². The summed E-state index contributed by atoms with van der Waals surface area (Å²) in [5.74, 6) is 3.67. The summed E-state index contributed by atoms with van der Waals surface area (Å²) in [5.41, 5.74) is 0. The molecule has 1 aromatic rings. The van der Waals surface area contributed by atoms with Gasteiger partial charge in [0.2, 0.25) is 0 Å². The average molecular weight is 276 g/mol. The standard InChI is InChI=1S/C16H28N4/c1-5-9-17-15-11-16(19-13(3)18-15)20(4)14-8-6-7-12(2)10-14/h11-12,14H,5-10H2,1-4H3,(H,17,18,19). The summed E-state index contributed by atoms with van der Waals surface area (Å²) < 4.78 is 0. The molecule has 4 heteroatoms. The topological polar surface area (TPSA) is 41.0 Å². The first-order valence-electron chi connectivity index (χ1n) is 7.92. The highest BCUT2D eigenvalue weighted by Crippen LogP contribution is 2.29. The number of aryl methyl sites for hydroxylation is 1. The first kappa shape index (κ1) is 15.1. The average Bonchev–Trinajstić information content (AvgIpc) is 2.43. The summed E-state index contributed by atoms with van der Waals surface area (Å²) in [6.45, 7) is 7.45. The fraction of sp³-hybridized carbons (Fsp3) is 0.750. The van der Waals surface area contributed by atoms with E-state index in [9.17, 15) is 0 Å². The van der Waals surface area contributed by atoms with Gasteiger partial charge in [-0.15, -0.1) is 0 Å². The molecule has 0 aromatic carbocycles. The molecule has 0 bridgehead atoms. The maximum absolute atomic E-state index is 4.62. The number of nitrogens with one attached hydrogen (secondary N) is 1. The van der Waals surface area contributed by atoms with Gasteiger partial charge in [0.25, 0.3) is 0 Å². The van der Waals surface area contributed by atoms with Crippen LogP contribution in [0.15, 0.2) is 6.07 Å². The van der Waals surface area contributed by atoms with E-state index in [1.165, 1.54) is 25.7 Å². The van der Waals surface area contributed by atoms with Crippen LogP contribution in [0.5, 0.6) is 0 Å². The second kappa shape index (κ2) is 6.91. The minimum Gasteiger partial charge on any atom is -0.370 e. The molecule has 0 saturated heterocycles. The highest BCUT2D eigenvalue weighted by atomic mass is 15.2. The molecule has 20 heavy (non-hydrogen) atoms. The molecule has 1 aliphatic carbocycles. The van der Waals surface area contributed by atoms with E-state index in [0.717, 1.165) is 36.3 Å². The number of hydrogen-bond acceptors (Lipinski definition) is 4. The summed E-state index contributed by atoms with van der Waals surface area (Å²) in [6.07, 6.45) is 6.37. The van der Waals surface area contributed by atoms with Gasteiger partial charge >= 0.3 is 0 Å². The monoisotopic (exact) mass is 276 g/mol. The van der Waals surface area contributed by atoms with Crippen LogP contribution in [0.2, 0.25) is 0 Å². The van der Waals surface area contributed by atoms with Crippen molar-refractivity contribution < 1.29 is 0 Å². The molecule has 112 valence electrons. The van der Waals surface area contributed by atoms with Gasteiger partial charge in [-0.1, -0.05) is 26.7 Å². The maximum Gasteiger partial charge on any atom is 0.134 e. The normalized spacial score (nSPS) is 22.6. The Kier molecular flexibility index (Phi) is 5.21. The highest BCUT2D eigenvalue weighted by molar-refractivity contribution is 5.49. The Hall–Kier alpha value is -1.32. The highest BCUT2D eigenvalue weighted by Gasteiger charge is 2.23. The summed E-state index contributed by atoms with van der Waals surface area (Å²) >= 11 is 0. The number of nitrogens with zero attached hydrogens (tertiary/aromatic N) is 3. The van der Waals surface area contributed by atoms with E-state index in [0.29, 0.717) is 6.04 Å². The molecule has 1 fully saturated rings. The zero-order valence-electron chi connectivity index (χ0n) is 13.3. The van der Waals surface area contributed by atoms with E-state index in [4.69, 9.17) is 0 Å². The molecule has 2 unspecified atom stereocenters. The van der Waals surface area contributed by atoms with Crippen LogP contribution in [0.3, 0.4) is 0 Å². The van der Waals surface area contributed by atoms with Gasteiger partial charge < -0.3 is 10.2 Å². The van der Waals surface area contributed by atoms with Crippen LogP contribution < -0.4 is 10.2 Å². The number of hydrogen-bond donors (Lipinski definition) is 1. The van der Waals surface area contributed by atoms with Crippen molar-refractivity contribution in [3.05, 3.63) is 11.9 Å². The molecule has 0 spiro atoms. The van der Waals surface area contributed by atoms with Gasteiger partial charge in [0.05, 0.1) is 0 Å². The molecule has 0 radical (unpaired) electrons. The fourth-order valence-electron chi connectivity index (χ4n) is 3.02. The number of aromatic nitrogens is 2. The Morgan fingerprint density at radius 3 is 2.85 bits per heavy atom. The van der Waals surface area contributed by atoms with Crippen molar-refractivity contribution in [2.45, 2.75) is 58.9 Å². The van der Waals surface area contributed by atoms with Crippen molar-refractivity contribution in [2.24, 2.45) is 5.92 Å². The Morgan fingerprint density at radius 2 is 2.15 bits per heavy atom. The minimum atomic E-state index is 0.618. The van der Waals surface area contributed by atoms with Gasteiger partial charge in [-0.25, -0.2) is 9.97 Å². The minimum absolute atomic E-state index is 0.618. The van der Waals surface area contributed by atoms with E-state index in [2.05, 4.69) is 47.1 Å². The van der Waals surface area contributed by atoms with Crippen molar-refractivity contribution in [3.63, 3.8) is 0 Å². The molecule has 1 aromatic heterocycles. The molecule has 0 amide bonds. The molecule has 1 heterocycles. The van der Waals surface area contributed by atoms with Crippen molar-refractivity contribution >= 4 is 11.6 Å². The van der Waals surface area contributed by atoms with Gasteiger partial charge in [-0.05, 0) is 32.1 Å². The first-order chi connectivity index (χ1) is 9.60. The lowest BCUT2D eigenvalue weighted by atomic mass is 9.86. The van der Waals surface area contributed by atoms with Crippen molar-refractivity contribution in [1.82, 2.24) is 9.97 Å². The van der Waals surface area contributed by atoms with Crippen LogP contribution in [0.4, 0.5) is 11.6 Å². The van der Waals surface area contributed by atoms with Crippen LogP contribution >= 0.6 is 0 Å². The predicted molar refractivity (Wildman–Crippen MR) is 85.4 cm³/mol. The largest absolute Gasteiger partial charge is 0.370 e. The third kappa shape index (κ3) is 3.84. The van der Waals surface area contributed by atoms with E-state index < -0.39 is 0 Å². The molecule has 1 saturated carbocycles. The zero-order chi connectivity index (χ0) is 14.5. The Morgan fingerprint density at radius 1 is 1.35 bits per heavy atom. The zero-order valence-corrected chi connectivity index (χ0v) is 13.3. The summed E-state index contributed by atoms with van der Waals surface area (Å²) in [4.78, 5) is 11.4. The van der Waals surface area contributed by atoms with E-state index >= 15 is 0 Å². The Balaban J connectivity index is 2.11. The van der Waals surface area contributed by atoms with E-state index in [1.807, 2.05) is 6.92 Å². The number of rotatable bonds is 5. The van der Waals surface area contributed by atoms with Gasteiger partial charge in [0, 0.05) is 25.7 Å². The van der Waals surface area contributed by atoms with Gasteiger partial charge in [-0.2, -0.15) is 0 Å². The predicted octanol–water partition coefficient (Wildman–Crippen LogP) is 3.62. The second-order valence-electron chi connectivity index (χ2n) is 6.12. The smallest absolute Gasteiger partial charge is 0.134 e. The third-order valence-corrected chi connectivity index (χ3v) is 4.20. The SMILES string of the molecule is CCCNc1cc(N(C)C2CCCC(C)C2)nc(C)n1. The van der Waals surface area contributed by atoms with E-state index in [-0.39, 0.29) is 0 Å². The molecule has 2 rings (SSSR count). The molecule has 2 atom stereocenters. The lowest BCUT2D eigenvalue weighted by Crippen LogP contribution is -2.36. The summed E-state index contributed by atoms with van der Waals surface area (Å²) in [5, 5.41) is 3.36. The molecular weight excluding hydrogens is 248 g/mol. The summed E-state index contributed by atoms with van der Waals surface area (Å²) in [6, 6.07) is 2.70. The first-order valence-corrected chi connectivity index (χ1v) is 7.92. The Labute approximate surface area is 123 Å². The molecule has 1 aliphatic rings. The fourth-order valence-corrected chi connectivity index (χ4v) is 3.02. The lowest BCUT2D eigenvalue weighted by Gasteiger charge is -2.35. The van der Waals surface area contributed by atoms with Crippen LogP contribution in [0, 0.1) is 12.8 Å². The lowest BCUT2D eigenvalue weighted by molar-refractivity contribution is 0.335. The van der Waals surface area contributed by atoms with Crippen LogP contribution in [0.25, 0.3) is 0 Å². The van der Waals surface area contributed by atoms with Crippen LogP contribution in [0.1, 0.15) is 51.8 Å². The maximum atomic E-state index is 4.62. The van der Waals surface area contributed by atoms with Gasteiger partial charge in [0.15, 0.2) is 0 Å². The van der Waals surface area contributed by atoms with Crippen molar-refractivity contribution in [3.8, 4) is 0 Å². The van der Waals surface area contributed by atoms with Gasteiger partial charge in [0.1, 0.15) is 17.5 Å².